The second-order valence-electron chi connectivity index (χ2n) is 5.65. The lowest BCUT2D eigenvalue weighted by atomic mass is 9.96. The average Bonchev–Trinajstić information content (AvgIpc) is 3.23. The van der Waals surface area contributed by atoms with Gasteiger partial charge >= 0.3 is 0 Å². The van der Waals surface area contributed by atoms with E-state index < -0.39 is 0 Å². The third-order valence-electron chi connectivity index (χ3n) is 3.56. The number of hydrogen-bond donors (Lipinski definition) is 2. The maximum atomic E-state index is 11.5. The Hall–Kier alpha value is -1.35. The summed E-state index contributed by atoms with van der Waals surface area (Å²) in [5, 5.41) is 6.52. The van der Waals surface area contributed by atoms with Crippen molar-refractivity contribution in [3.63, 3.8) is 0 Å². The molecule has 1 fully saturated rings. The largest absolute Gasteiger partial charge is 0.355 e. The van der Waals surface area contributed by atoms with Crippen LogP contribution in [0.5, 0.6) is 0 Å². The Bertz CT molecular complexity index is 398. The third-order valence-corrected chi connectivity index (χ3v) is 3.56. The smallest absolute Gasteiger partial charge is 0.223 e. The van der Waals surface area contributed by atoms with Crippen molar-refractivity contribution < 1.29 is 4.79 Å². The Morgan fingerprint density at radius 2 is 1.89 bits per heavy atom. The molecule has 0 aliphatic heterocycles. The van der Waals surface area contributed by atoms with Gasteiger partial charge in [0.05, 0.1) is 0 Å². The van der Waals surface area contributed by atoms with E-state index in [1.807, 2.05) is 6.07 Å². The summed E-state index contributed by atoms with van der Waals surface area (Å²) in [4.78, 5) is 11.5. The molecule has 1 saturated carbocycles. The molecule has 1 amide bonds. The molecule has 3 heteroatoms. The Balaban J connectivity index is 1.76. The minimum absolute atomic E-state index is 0.225. The number of nitrogens with one attached hydrogen (secondary N) is 2. The molecule has 1 aliphatic carbocycles. The predicted molar refractivity (Wildman–Crippen MR) is 77.8 cm³/mol. The summed E-state index contributed by atoms with van der Waals surface area (Å²) in [7, 11) is 0. The molecule has 1 unspecified atom stereocenters. The fourth-order valence-electron chi connectivity index (χ4n) is 2.30. The highest BCUT2D eigenvalue weighted by Crippen LogP contribution is 2.28. The first-order chi connectivity index (χ1) is 9.18. The normalized spacial score (nSPS) is 16.4. The third kappa shape index (κ3) is 4.35. The fourth-order valence-corrected chi connectivity index (χ4v) is 2.30. The first-order valence-electron chi connectivity index (χ1n) is 7.24. The second kappa shape index (κ2) is 6.71. The van der Waals surface area contributed by atoms with E-state index in [0.29, 0.717) is 24.4 Å². The molecule has 0 spiro atoms. The molecule has 0 saturated heterocycles. The van der Waals surface area contributed by atoms with Gasteiger partial charge in [0.15, 0.2) is 0 Å². The molecule has 2 N–H and O–H groups in total. The summed E-state index contributed by atoms with van der Waals surface area (Å²) >= 11 is 0. The Kier molecular flexibility index (Phi) is 4.97. The van der Waals surface area contributed by atoms with Crippen LogP contribution in [0.3, 0.4) is 0 Å². The van der Waals surface area contributed by atoms with Gasteiger partial charge in [-0.1, -0.05) is 44.2 Å². The predicted octanol–water partition coefficient (Wildman–Crippen LogP) is 2.50. The van der Waals surface area contributed by atoms with Crippen molar-refractivity contribution in [3.05, 3.63) is 35.9 Å². The van der Waals surface area contributed by atoms with Gasteiger partial charge < -0.3 is 10.6 Å². The molecule has 0 bridgehead atoms. The van der Waals surface area contributed by atoms with Gasteiger partial charge in [0, 0.05) is 25.0 Å². The first kappa shape index (κ1) is 14.1. The maximum Gasteiger partial charge on any atom is 0.223 e. The Morgan fingerprint density at radius 3 is 2.47 bits per heavy atom. The molecule has 0 radical (unpaired) electrons. The van der Waals surface area contributed by atoms with Crippen LogP contribution in [0.25, 0.3) is 0 Å². The lowest BCUT2D eigenvalue weighted by molar-refractivity contribution is -0.122. The van der Waals surface area contributed by atoms with E-state index in [2.05, 4.69) is 48.7 Å². The van der Waals surface area contributed by atoms with E-state index in [4.69, 9.17) is 0 Å². The van der Waals surface area contributed by atoms with E-state index in [9.17, 15) is 4.79 Å². The van der Waals surface area contributed by atoms with Gasteiger partial charge in [-0.25, -0.2) is 0 Å². The van der Waals surface area contributed by atoms with Gasteiger partial charge in [-0.05, 0) is 24.3 Å². The van der Waals surface area contributed by atoms with Crippen LogP contribution < -0.4 is 10.6 Å². The number of carbonyl (C=O) groups is 1. The van der Waals surface area contributed by atoms with Crippen LogP contribution in [0.1, 0.15) is 38.3 Å². The van der Waals surface area contributed by atoms with E-state index in [0.717, 1.165) is 19.4 Å². The van der Waals surface area contributed by atoms with Gasteiger partial charge in [0.25, 0.3) is 0 Å². The topological polar surface area (TPSA) is 41.1 Å². The zero-order valence-electron chi connectivity index (χ0n) is 11.9. The van der Waals surface area contributed by atoms with Crippen molar-refractivity contribution in [3.8, 4) is 0 Å². The molecular formula is C16H24N2O. The summed E-state index contributed by atoms with van der Waals surface area (Å²) in [6.07, 6.45) is 2.13. The van der Waals surface area contributed by atoms with Crippen molar-refractivity contribution in [2.45, 2.75) is 32.7 Å². The van der Waals surface area contributed by atoms with Crippen LogP contribution in [0.2, 0.25) is 0 Å². The maximum absolute atomic E-state index is 11.5. The van der Waals surface area contributed by atoms with Crippen molar-refractivity contribution in [2.24, 2.45) is 11.8 Å². The fraction of sp³-hybridized carbons (Fsp3) is 0.562. The lowest BCUT2D eigenvalue weighted by Crippen LogP contribution is -2.35. The van der Waals surface area contributed by atoms with Gasteiger partial charge in [-0.15, -0.1) is 0 Å². The number of rotatable bonds is 7. The number of carbonyl (C=O) groups excluding carboxylic acids is 1. The Morgan fingerprint density at radius 1 is 1.21 bits per heavy atom. The quantitative estimate of drug-likeness (QED) is 0.740. The lowest BCUT2D eigenvalue weighted by Gasteiger charge is -2.23. The zero-order valence-corrected chi connectivity index (χ0v) is 11.9. The Labute approximate surface area is 115 Å². The van der Waals surface area contributed by atoms with Gasteiger partial charge in [-0.3, -0.25) is 4.79 Å². The minimum Gasteiger partial charge on any atom is -0.355 e. The summed E-state index contributed by atoms with van der Waals surface area (Å²) < 4.78 is 0. The standard InChI is InChI=1S/C16H24N2O/c1-12(2)15(13-6-4-3-5-7-13)17-10-11-18-16(19)14-8-9-14/h3-7,12,14-15,17H,8-11H2,1-2H3,(H,18,19). The minimum atomic E-state index is 0.225. The number of amides is 1. The highest BCUT2D eigenvalue weighted by atomic mass is 16.2. The van der Waals surface area contributed by atoms with Crippen LogP contribution in [0.4, 0.5) is 0 Å². The SMILES string of the molecule is CC(C)C(NCCNC(=O)C1CC1)c1ccccc1. The summed E-state index contributed by atoms with van der Waals surface area (Å²) in [5.74, 6) is 1.05. The van der Waals surface area contributed by atoms with Crippen molar-refractivity contribution in [1.82, 2.24) is 10.6 Å². The summed E-state index contributed by atoms with van der Waals surface area (Å²) in [6.45, 7) is 5.96. The van der Waals surface area contributed by atoms with Crippen LogP contribution in [0, 0.1) is 11.8 Å². The van der Waals surface area contributed by atoms with Crippen LogP contribution in [-0.2, 0) is 4.79 Å². The molecule has 3 nitrogen and oxygen atoms in total. The molecular weight excluding hydrogens is 236 g/mol. The van der Waals surface area contributed by atoms with E-state index >= 15 is 0 Å². The van der Waals surface area contributed by atoms with Gasteiger partial charge in [0.2, 0.25) is 5.91 Å². The summed E-state index contributed by atoms with van der Waals surface area (Å²) in [5.41, 5.74) is 1.31. The molecule has 1 aliphatic rings. The van der Waals surface area contributed by atoms with Crippen LogP contribution >= 0.6 is 0 Å². The first-order valence-corrected chi connectivity index (χ1v) is 7.24. The van der Waals surface area contributed by atoms with Crippen molar-refractivity contribution >= 4 is 5.91 Å². The molecule has 19 heavy (non-hydrogen) atoms. The zero-order chi connectivity index (χ0) is 13.7. The van der Waals surface area contributed by atoms with Crippen molar-refractivity contribution in [2.75, 3.05) is 13.1 Å². The van der Waals surface area contributed by atoms with Crippen LogP contribution in [0.15, 0.2) is 30.3 Å². The van der Waals surface area contributed by atoms with E-state index in [1.165, 1.54) is 5.56 Å². The number of hydrogen-bond acceptors (Lipinski definition) is 2. The van der Waals surface area contributed by atoms with E-state index in [1.54, 1.807) is 0 Å². The number of benzene rings is 1. The van der Waals surface area contributed by atoms with E-state index in [-0.39, 0.29) is 5.91 Å². The van der Waals surface area contributed by atoms with Gasteiger partial charge in [0.1, 0.15) is 0 Å². The van der Waals surface area contributed by atoms with Crippen LogP contribution in [-0.4, -0.2) is 19.0 Å². The summed E-state index contributed by atoms with van der Waals surface area (Å²) in [6, 6.07) is 10.8. The van der Waals surface area contributed by atoms with Crippen molar-refractivity contribution in [1.29, 1.82) is 0 Å². The molecule has 1 aromatic rings. The average molecular weight is 260 g/mol. The molecule has 1 aromatic carbocycles. The van der Waals surface area contributed by atoms with Gasteiger partial charge in [-0.2, -0.15) is 0 Å². The molecule has 1 atom stereocenters. The molecule has 104 valence electrons. The highest BCUT2D eigenvalue weighted by molar-refractivity contribution is 5.80. The second-order valence-corrected chi connectivity index (χ2v) is 5.65. The molecule has 2 rings (SSSR count). The monoisotopic (exact) mass is 260 g/mol. The highest BCUT2D eigenvalue weighted by Gasteiger charge is 2.29. The molecule has 0 aromatic heterocycles. The molecule has 0 heterocycles.